The number of rotatable bonds is 3. The lowest BCUT2D eigenvalue weighted by Gasteiger charge is -2.37. The topological polar surface area (TPSA) is 32.3 Å². The van der Waals surface area contributed by atoms with Gasteiger partial charge in [-0.2, -0.15) is 0 Å². The average Bonchev–Trinajstić information content (AvgIpc) is 2.14. The van der Waals surface area contributed by atoms with E-state index in [2.05, 4.69) is 5.32 Å². The molecule has 2 rings (SSSR count). The monoisotopic (exact) mass is 245 g/mol. The summed E-state index contributed by atoms with van der Waals surface area (Å²) in [6.07, 6.45) is 2.84. The van der Waals surface area contributed by atoms with E-state index in [0.717, 1.165) is 24.9 Å². The van der Waals surface area contributed by atoms with Gasteiger partial charge in [0.05, 0.1) is 16.3 Å². The van der Waals surface area contributed by atoms with Crippen LogP contribution in [0.1, 0.15) is 19.3 Å². The molecule has 1 aromatic carbocycles. The molecule has 1 aliphatic carbocycles. The molecule has 0 saturated heterocycles. The highest BCUT2D eigenvalue weighted by Gasteiger charge is 2.33. The van der Waals surface area contributed by atoms with Crippen LogP contribution in [0.5, 0.6) is 0 Å². The fourth-order valence-electron chi connectivity index (χ4n) is 1.65. The van der Waals surface area contributed by atoms with Crippen LogP contribution in [0.25, 0.3) is 0 Å². The van der Waals surface area contributed by atoms with E-state index >= 15 is 0 Å². The molecule has 2 nitrogen and oxygen atoms in total. The summed E-state index contributed by atoms with van der Waals surface area (Å²) < 4.78 is 0. The van der Waals surface area contributed by atoms with E-state index < -0.39 is 5.60 Å². The smallest absolute Gasteiger partial charge is 0.0819 e. The lowest BCUT2D eigenvalue weighted by Crippen LogP contribution is -2.43. The zero-order valence-electron chi connectivity index (χ0n) is 8.26. The number of benzene rings is 1. The number of aliphatic hydroxyl groups is 1. The minimum Gasteiger partial charge on any atom is -0.388 e. The van der Waals surface area contributed by atoms with Crippen molar-refractivity contribution in [3.05, 3.63) is 28.2 Å². The fourth-order valence-corrected chi connectivity index (χ4v) is 2.13. The second-order valence-corrected chi connectivity index (χ2v) is 4.90. The van der Waals surface area contributed by atoms with Crippen molar-refractivity contribution < 1.29 is 5.11 Å². The second-order valence-electron chi connectivity index (χ2n) is 4.06. The van der Waals surface area contributed by atoms with Gasteiger partial charge in [-0.1, -0.05) is 23.2 Å². The highest BCUT2D eigenvalue weighted by Crippen LogP contribution is 2.33. The van der Waals surface area contributed by atoms with Crippen LogP contribution in [0, 0.1) is 0 Å². The lowest BCUT2D eigenvalue weighted by molar-refractivity contribution is -0.0201. The molecule has 0 spiro atoms. The summed E-state index contributed by atoms with van der Waals surface area (Å²) in [5.41, 5.74) is 0.282. The number of nitrogens with one attached hydrogen (secondary N) is 1. The van der Waals surface area contributed by atoms with Crippen molar-refractivity contribution >= 4 is 28.9 Å². The summed E-state index contributed by atoms with van der Waals surface area (Å²) in [5, 5.41) is 14.2. The molecule has 82 valence electrons. The first-order chi connectivity index (χ1) is 7.09. The van der Waals surface area contributed by atoms with Crippen LogP contribution in [0.4, 0.5) is 5.69 Å². The van der Waals surface area contributed by atoms with Gasteiger partial charge in [0.1, 0.15) is 0 Å². The molecule has 4 heteroatoms. The molecule has 15 heavy (non-hydrogen) atoms. The third kappa shape index (κ3) is 2.57. The van der Waals surface area contributed by atoms with Gasteiger partial charge in [-0.3, -0.25) is 0 Å². The van der Waals surface area contributed by atoms with Crippen LogP contribution in [0.3, 0.4) is 0 Å². The van der Waals surface area contributed by atoms with Crippen LogP contribution in [0.2, 0.25) is 10.0 Å². The molecule has 2 N–H and O–H groups in total. The standard InChI is InChI=1S/C11H13Cl2NO/c12-8-2-3-10(9(13)6-8)14-7-11(15)4-1-5-11/h2-3,6,14-15H,1,4-5,7H2. The van der Waals surface area contributed by atoms with Gasteiger partial charge in [0.2, 0.25) is 0 Å². The van der Waals surface area contributed by atoms with Gasteiger partial charge in [0, 0.05) is 11.6 Å². The second kappa shape index (κ2) is 4.20. The number of halogens is 2. The Bertz CT molecular complexity index is 364. The van der Waals surface area contributed by atoms with Crippen molar-refractivity contribution in [2.24, 2.45) is 0 Å². The molecule has 0 unspecified atom stereocenters. The first-order valence-corrected chi connectivity index (χ1v) is 5.76. The largest absolute Gasteiger partial charge is 0.388 e. The van der Waals surface area contributed by atoms with Crippen molar-refractivity contribution in [1.82, 2.24) is 0 Å². The maximum atomic E-state index is 9.89. The van der Waals surface area contributed by atoms with E-state index in [1.54, 1.807) is 12.1 Å². The van der Waals surface area contributed by atoms with E-state index in [-0.39, 0.29) is 0 Å². The Hall–Kier alpha value is -0.440. The molecule has 1 aromatic rings. The number of anilines is 1. The summed E-state index contributed by atoms with van der Waals surface area (Å²) in [6, 6.07) is 5.30. The molecule has 0 heterocycles. The van der Waals surface area contributed by atoms with Crippen LogP contribution >= 0.6 is 23.2 Å². The summed E-state index contributed by atoms with van der Waals surface area (Å²) in [5.74, 6) is 0. The molecule has 0 aliphatic heterocycles. The Morgan fingerprint density at radius 3 is 2.60 bits per heavy atom. The van der Waals surface area contributed by atoms with Gasteiger partial charge < -0.3 is 10.4 Å². The molecule has 0 amide bonds. The van der Waals surface area contributed by atoms with Crippen molar-refractivity contribution in [1.29, 1.82) is 0 Å². The summed E-state index contributed by atoms with van der Waals surface area (Å²) in [7, 11) is 0. The molecular weight excluding hydrogens is 233 g/mol. The predicted octanol–water partition coefficient (Wildman–Crippen LogP) is 3.32. The van der Waals surface area contributed by atoms with E-state index in [4.69, 9.17) is 23.2 Å². The third-order valence-electron chi connectivity index (χ3n) is 2.82. The minimum absolute atomic E-state index is 0.539. The zero-order chi connectivity index (χ0) is 10.9. The van der Waals surface area contributed by atoms with E-state index in [9.17, 15) is 5.11 Å². The first-order valence-electron chi connectivity index (χ1n) is 5.00. The molecule has 1 fully saturated rings. The van der Waals surface area contributed by atoms with Crippen molar-refractivity contribution in [3.8, 4) is 0 Å². The zero-order valence-corrected chi connectivity index (χ0v) is 9.78. The summed E-state index contributed by atoms with van der Waals surface area (Å²) in [6.45, 7) is 0.550. The van der Waals surface area contributed by atoms with Crippen LogP contribution in [-0.4, -0.2) is 17.3 Å². The van der Waals surface area contributed by atoms with Gasteiger partial charge in [-0.15, -0.1) is 0 Å². The molecule has 1 saturated carbocycles. The Labute approximate surface area is 99.2 Å². The fraction of sp³-hybridized carbons (Fsp3) is 0.455. The van der Waals surface area contributed by atoms with Gasteiger partial charge in [-0.25, -0.2) is 0 Å². The minimum atomic E-state index is -0.539. The molecule has 1 aliphatic rings. The Morgan fingerprint density at radius 2 is 2.07 bits per heavy atom. The molecule has 0 atom stereocenters. The Balaban J connectivity index is 1.98. The SMILES string of the molecule is OC1(CNc2ccc(Cl)cc2Cl)CCC1. The van der Waals surface area contributed by atoms with E-state index in [1.807, 2.05) is 6.07 Å². The van der Waals surface area contributed by atoms with Crippen LogP contribution in [-0.2, 0) is 0 Å². The Kier molecular flexibility index (Phi) is 3.10. The van der Waals surface area contributed by atoms with Crippen molar-refractivity contribution in [2.75, 3.05) is 11.9 Å². The predicted molar refractivity (Wildman–Crippen MR) is 63.8 cm³/mol. The van der Waals surface area contributed by atoms with Gasteiger partial charge in [0.25, 0.3) is 0 Å². The average molecular weight is 246 g/mol. The quantitative estimate of drug-likeness (QED) is 0.857. The highest BCUT2D eigenvalue weighted by atomic mass is 35.5. The maximum absolute atomic E-state index is 9.89. The number of hydrogen-bond donors (Lipinski definition) is 2. The van der Waals surface area contributed by atoms with Crippen molar-refractivity contribution in [2.45, 2.75) is 24.9 Å². The van der Waals surface area contributed by atoms with Crippen molar-refractivity contribution in [3.63, 3.8) is 0 Å². The van der Waals surface area contributed by atoms with Gasteiger partial charge >= 0.3 is 0 Å². The van der Waals surface area contributed by atoms with Gasteiger partial charge in [-0.05, 0) is 37.5 Å². The summed E-state index contributed by atoms with van der Waals surface area (Å²) >= 11 is 11.8. The maximum Gasteiger partial charge on any atom is 0.0819 e. The molecule has 0 aromatic heterocycles. The van der Waals surface area contributed by atoms with Gasteiger partial charge in [0.15, 0.2) is 0 Å². The highest BCUT2D eigenvalue weighted by molar-refractivity contribution is 6.36. The molecular formula is C11H13Cl2NO. The molecule has 0 bridgehead atoms. The first kappa shape index (κ1) is 11.1. The van der Waals surface area contributed by atoms with Crippen LogP contribution in [0.15, 0.2) is 18.2 Å². The summed E-state index contributed by atoms with van der Waals surface area (Å²) in [4.78, 5) is 0. The normalized spacial score (nSPS) is 18.3. The molecule has 0 radical (unpaired) electrons. The van der Waals surface area contributed by atoms with E-state index in [1.165, 1.54) is 0 Å². The Morgan fingerprint density at radius 1 is 1.33 bits per heavy atom. The lowest BCUT2D eigenvalue weighted by atomic mass is 9.80. The third-order valence-corrected chi connectivity index (χ3v) is 3.37. The van der Waals surface area contributed by atoms with E-state index in [0.29, 0.717) is 16.6 Å². The number of hydrogen-bond acceptors (Lipinski definition) is 2. The van der Waals surface area contributed by atoms with Crippen LogP contribution < -0.4 is 5.32 Å².